The zero-order chi connectivity index (χ0) is 31.0. The minimum Gasteiger partial charge on any atom is -0.508 e. The number of hydrogen-bond donors (Lipinski definition) is 3. The number of carbonyl (C=O) groups excluding carboxylic acids is 1. The number of phenolic OH excluding ortho intramolecular Hbond substituents is 1. The van der Waals surface area contributed by atoms with E-state index in [1.54, 1.807) is 12.1 Å². The van der Waals surface area contributed by atoms with Crippen molar-refractivity contribution in [3.05, 3.63) is 29.8 Å². The van der Waals surface area contributed by atoms with E-state index in [0.29, 0.717) is 13.0 Å². The number of phenols is 1. The van der Waals surface area contributed by atoms with Gasteiger partial charge in [-0.15, -0.1) is 23.5 Å². The molecule has 1 aliphatic rings. The number of aromatic hydroxyl groups is 1. The summed E-state index contributed by atoms with van der Waals surface area (Å²) < 4.78 is 5.28. The molecule has 0 unspecified atom stereocenters. The van der Waals surface area contributed by atoms with Crippen LogP contribution in [-0.4, -0.2) is 55.7 Å². The van der Waals surface area contributed by atoms with Crippen molar-refractivity contribution in [2.75, 3.05) is 18.1 Å². The molecule has 1 fully saturated rings. The first-order valence-electron chi connectivity index (χ1n) is 17.5. The van der Waals surface area contributed by atoms with Crippen LogP contribution in [0, 0.1) is 0 Å². The number of aryl methyl sites for hydroxylation is 1. The van der Waals surface area contributed by atoms with Crippen LogP contribution < -0.4 is 0 Å². The number of esters is 1. The maximum absolute atomic E-state index is 12.2. The highest BCUT2D eigenvalue weighted by atomic mass is 32.2. The van der Waals surface area contributed by atoms with E-state index < -0.39 is 12.2 Å². The maximum atomic E-state index is 12.2. The number of carbonyl (C=O) groups is 1. The van der Waals surface area contributed by atoms with Crippen LogP contribution in [0.25, 0.3) is 0 Å². The molecule has 0 saturated carbocycles. The zero-order valence-corrected chi connectivity index (χ0v) is 28.7. The van der Waals surface area contributed by atoms with Crippen LogP contribution in [0.1, 0.15) is 147 Å². The first-order chi connectivity index (χ1) is 20.9. The normalized spacial score (nSPS) is 16.2. The molecule has 0 bridgehead atoms. The van der Waals surface area contributed by atoms with Gasteiger partial charge >= 0.3 is 5.97 Å². The van der Waals surface area contributed by atoms with Crippen LogP contribution in [-0.2, 0) is 16.0 Å². The highest BCUT2D eigenvalue weighted by Gasteiger charge is 2.36. The number of hydrogen-bond acceptors (Lipinski definition) is 7. The summed E-state index contributed by atoms with van der Waals surface area (Å²) in [7, 11) is 0. The molecule has 7 heteroatoms. The topological polar surface area (TPSA) is 87.0 Å². The molecular formula is C36H62O5S2. The number of unbranched alkanes of at least 4 members (excludes halogenated alkanes) is 15. The Morgan fingerprint density at radius 1 is 0.791 bits per heavy atom. The second kappa shape index (κ2) is 24.4. The Morgan fingerprint density at radius 2 is 1.30 bits per heavy atom. The molecule has 2 atom stereocenters. The third kappa shape index (κ3) is 19.3. The van der Waals surface area contributed by atoms with Gasteiger partial charge in [0.1, 0.15) is 5.75 Å². The molecule has 43 heavy (non-hydrogen) atoms. The molecule has 5 nitrogen and oxygen atoms in total. The van der Waals surface area contributed by atoms with Crippen molar-refractivity contribution in [1.82, 2.24) is 0 Å². The number of ether oxygens (including phenoxy) is 1. The summed E-state index contributed by atoms with van der Waals surface area (Å²) in [5, 5.41) is 30.9. The van der Waals surface area contributed by atoms with Crippen LogP contribution >= 0.6 is 23.5 Å². The predicted molar refractivity (Wildman–Crippen MR) is 185 cm³/mol. The Morgan fingerprint density at radius 3 is 1.84 bits per heavy atom. The fourth-order valence-corrected chi connectivity index (χ4v) is 9.36. The van der Waals surface area contributed by atoms with E-state index in [1.807, 2.05) is 35.7 Å². The number of aliphatic hydroxyl groups excluding tert-OH is 2. The Hall–Kier alpha value is -0.890. The average molecular weight is 639 g/mol. The van der Waals surface area contributed by atoms with Gasteiger partial charge in [0.15, 0.2) is 0 Å². The van der Waals surface area contributed by atoms with Gasteiger partial charge < -0.3 is 20.1 Å². The second-order valence-electron chi connectivity index (χ2n) is 12.6. The quantitative estimate of drug-likeness (QED) is 0.0688. The molecule has 1 heterocycles. The van der Waals surface area contributed by atoms with Gasteiger partial charge in [-0.05, 0) is 67.7 Å². The zero-order valence-electron chi connectivity index (χ0n) is 27.1. The van der Waals surface area contributed by atoms with Gasteiger partial charge in [0.05, 0.1) is 29.3 Å². The molecule has 0 radical (unpaired) electrons. The van der Waals surface area contributed by atoms with Crippen LogP contribution in [0.3, 0.4) is 0 Å². The Balaban J connectivity index is 1.47. The fraction of sp³-hybridized carbons (Fsp3) is 0.806. The molecule has 1 aromatic rings. The molecule has 3 N–H and O–H groups in total. The van der Waals surface area contributed by atoms with Crippen LogP contribution in [0.2, 0.25) is 0 Å². The van der Waals surface area contributed by atoms with Crippen molar-refractivity contribution in [3.8, 4) is 5.75 Å². The summed E-state index contributed by atoms with van der Waals surface area (Å²) in [5.74, 6) is 2.05. The lowest BCUT2D eigenvalue weighted by Gasteiger charge is -2.38. The third-order valence-corrected chi connectivity index (χ3v) is 12.0. The van der Waals surface area contributed by atoms with Gasteiger partial charge in [-0.3, -0.25) is 4.79 Å². The van der Waals surface area contributed by atoms with E-state index in [0.717, 1.165) is 37.2 Å². The monoisotopic (exact) mass is 638 g/mol. The third-order valence-electron chi connectivity index (χ3n) is 8.50. The van der Waals surface area contributed by atoms with E-state index in [-0.39, 0.29) is 28.6 Å². The van der Waals surface area contributed by atoms with Crippen molar-refractivity contribution in [3.63, 3.8) is 0 Å². The predicted octanol–water partition coefficient (Wildman–Crippen LogP) is 9.59. The van der Waals surface area contributed by atoms with Crippen LogP contribution in [0.4, 0.5) is 0 Å². The summed E-state index contributed by atoms with van der Waals surface area (Å²) >= 11 is 3.82. The lowest BCUT2D eigenvalue weighted by atomic mass is 10.0. The van der Waals surface area contributed by atoms with Gasteiger partial charge in [-0.25, -0.2) is 0 Å². The highest BCUT2D eigenvalue weighted by Crippen LogP contribution is 2.49. The van der Waals surface area contributed by atoms with Crippen molar-refractivity contribution in [2.24, 2.45) is 0 Å². The lowest BCUT2D eigenvalue weighted by molar-refractivity contribution is -0.146. The molecule has 1 aromatic carbocycles. The van der Waals surface area contributed by atoms with Gasteiger partial charge in [0, 0.05) is 0 Å². The molecule has 0 amide bonds. The molecule has 1 aliphatic heterocycles. The Bertz CT molecular complexity index is 812. The van der Waals surface area contributed by atoms with E-state index in [9.17, 15) is 20.1 Å². The summed E-state index contributed by atoms with van der Waals surface area (Å²) in [6.45, 7) is 2.69. The van der Waals surface area contributed by atoms with Crippen molar-refractivity contribution in [1.29, 1.82) is 0 Å². The minimum atomic E-state index is -0.888. The average Bonchev–Trinajstić information content (AvgIpc) is 2.98. The standard InChI is InChI=1S/C36H62O5S2/c1-2-3-4-5-6-7-8-9-10-11-12-13-14-15-16-17-25-41-35(40)29-33(38)28-34(39)30-36(42-26-18-27-43-36)24-23-31-19-21-32(37)22-20-31/h19-22,33-34,37-39H,2-18,23-30H2,1H3/t33-,34-/m1/s1. The molecule has 0 aromatic heterocycles. The summed E-state index contributed by atoms with van der Waals surface area (Å²) in [4.78, 5) is 12.2. The molecule has 1 saturated heterocycles. The fourth-order valence-electron chi connectivity index (χ4n) is 5.91. The maximum Gasteiger partial charge on any atom is 0.308 e. The van der Waals surface area contributed by atoms with Gasteiger partial charge in [-0.2, -0.15) is 0 Å². The number of aliphatic hydroxyl groups is 2. The minimum absolute atomic E-state index is 0.0588. The first kappa shape index (κ1) is 38.3. The highest BCUT2D eigenvalue weighted by molar-refractivity contribution is 8.18. The number of benzene rings is 1. The summed E-state index contributed by atoms with van der Waals surface area (Å²) in [6, 6.07) is 7.34. The largest absolute Gasteiger partial charge is 0.508 e. The van der Waals surface area contributed by atoms with E-state index in [4.69, 9.17) is 4.74 Å². The van der Waals surface area contributed by atoms with Crippen LogP contribution in [0.5, 0.6) is 5.75 Å². The molecule has 0 aliphatic carbocycles. The van der Waals surface area contributed by atoms with E-state index >= 15 is 0 Å². The molecule has 248 valence electrons. The molecule has 0 spiro atoms. The first-order valence-corrected chi connectivity index (χ1v) is 19.5. The van der Waals surface area contributed by atoms with Crippen molar-refractivity contribution in [2.45, 2.75) is 164 Å². The second-order valence-corrected chi connectivity index (χ2v) is 15.8. The van der Waals surface area contributed by atoms with Crippen molar-refractivity contribution >= 4 is 29.5 Å². The summed E-state index contributed by atoms with van der Waals surface area (Å²) in [6.07, 6.45) is 23.1. The van der Waals surface area contributed by atoms with Gasteiger partial charge in [0.2, 0.25) is 0 Å². The number of rotatable bonds is 26. The van der Waals surface area contributed by atoms with Crippen molar-refractivity contribution < 1.29 is 24.9 Å². The SMILES string of the molecule is CCCCCCCCCCCCCCCCCCOC(=O)C[C@H](O)C[C@@H](O)CC1(CCc2ccc(O)cc2)SCCCS1. The van der Waals surface area contributed by atoms with Crippen LogP contribution in [0.15, 0.2) is 24.3 Å². The van der Waals surface area contributed by atoms with E-state index in [2.05, 4.69) is 6.92 Å². The Labute approximate surface area is 271 Å². The number of thioether (sulfide) groups is 2. The van der Waals surface area contributed by atoms with Gasteiger partial charge in [-0.1, -0.05) is 115 Å². The van der Waals surface area contributed by atoms with Gasteiger partial charge in [0.25, 0.3) is 0 Å². The Kier molecular flexibility index (Phi) is 21.7. The smallest absolute Gasteiger partial charge is 0.308 e. The molecular weight excluding hydrogens is 577 g/mol. The van der Waals surface area contributed by atoms with E-state index in [1.165, 1.54) is 102 Å². The molecule has 2 rings (SSSR count). The summed E-state index contributed by atoms with van der Waals surface area (Å²) in [5.41, 5.74) is 1.17. The lowest BCUT2D eigenvalue weighted by Crippen LogP contribution is -2.33.